The minimum absolute atomic E-state index is 0.0672. The second-order valence-corrected chi connectivity index (χ2v) is 6.30. The summed E-state index contributed by atoms with van der Waals surface area (Å²) in [7, 11) is 0. The van der Waals surface area contributed by atoms with Crippen LogP contribution in [-0.2, 0) is 6.54 Å². The van der Waals surface area contributed by atoms with Crippen LogP contribution in [0.2, 0.25) is 0 Å². The van der Waals surface area contributed by atoms with Crippen molar-refractivity contribution in [1.82, 2.24) is 9.97 Å². The number of aromatic carboxylic acids is 1. The molecule has 0 saturated carbocycles. The van der Waals surface area contributed by atoms with Gasteiger partial charge in [-0.25, -0.2) is 9.78 Å². The summed E-state index contributed by atoms with van der Waals surface area (Å²) >= 11 is 0. The first-order valence-corrected chi connectivity index (χ1v) is 8.99. The molecule has 10 heteroatoms. The van der Waals surface area contributed by atoms with Crippen molar-refractivity contribution in [1.29, 1.82) is 0 Å². The number of hydrogen-bond acceptors (Lipinski definition) is 8. The van der Waals surface area contributed by atoms with E-state index in [4.69, 9.17) is 5.11 Å². The Morgan fingerprint density at radius 3 is 2.43 bits per heavy atom. The lowest BCUT2D eigenvalue weighted by molar-refractivity contribution is -0.384. The van der Waals surface area contributed by atoms with Gasteiger partial charge in [-0.1, -0.05) is 30.3 Å². The molecule has 0 amide bonds. The number of aliphatic hydroxyl groups excluding tert-OH is 1. The van der Waals surface area contributed by atoms with E-state index in [2.05, 4.69) is 15.3 Å². The summed E-state index contributed by atoms with van der Waals surface area (Å²) in [6.07, 6.45) is 1.10. The molecule has 3 N–H and O–H groups in total. The Kier molecular flexibility index (Phi) is 6.50. The van der Waals surface area contributed by atoms with Crippen LogP contribution in [0.5, 0.6) is 0 Å². The molecule has 3 aromatic rings. The van der Waals surface area contributed by atoms with Crippen LogP contribution in [0.3, 0.4) is 0 Å². The van der Waals surface area contributed by atoms with E-state index in [1.165, 1.54) is 12.1 Å². The lowest BCUT2D eigenvalue weighted by atomic mass is 10.2. The molecule has 0 saturated heterocycles. The highest BCUT2D eigenvalue weighted by Gasteiger charge is 2.23. The van der Waals surface area contributed by atoms with E-state index in [1.807, 2.05) is 30.3 Å². The number of hydrogen-bond donors (Lipinski definition) is 3. The van der Waals surface area contributed by atoms with E-state index in [0.29, 0.717) is 12.2 Å². The summed E-state index contributed by atoms with van der Waals surface area (Å²) < 4.78 is 0. The minimum Gasteiger partial charge on any atom is -0.478 e. The normalized spacial score (nSPS) is 10.4. The Labute approximate surface area is 171 Å². The van der Waals surface area contributed by atoms with E-state index in [-0.39, 0.29) is 36.2 Å². The van der Waals surface area contributed by atoms with Gasteiger partial charge in [-0.3, -0.25) is 10.1 Å². The van der Waals surface area contributed by atoms with E-state index >= 15 is 0 Å². The fraction of sp³-hybridized carbons (Fsp3) is 0.150. The highest BCUT2D eigenvalue weighted by Crippen LogP contribution is 2.28. The first kappa shape index (κ1) is 20.7. The molecule has 0 unspecified atom stereocenters. The number of nitrogens with zero attached hydrogens (tertiary/aromatic N) is 4. The summed E-state index contributed by atoms with van der Waals surface area (Å²) in [6, 6.07) is 15.3. The van der Waals surface area contributed by atoms with Crippen molar-refractivity contribution in [2.24, 2.45) is 0 Å². The van der Waals surface area contributed by atoms with Gasteiger partial charge < -0.3 is 20.4 Å². The van der Waals surface area contributed by atoms with Crippen LogP contribution in [0.15, 0.2) is 60.8 Å². The van der Waals surface area contributed by atoms with Crippen LogP contribution >= 0.6 is 0 Å². The van der Waals surface area contributed by atoms with Crippen LogP contribution in [0.25, 0.3) is 0 Å². The molecule has 0 aliphatic carbocycles. The van der Waals surface area contributed by atoms with Gasteiger partial charge in [-0.05, 0) is 29.8 Å². The van der Waals surface area contributed by atoms with Crippen LogP contribution < -0.4 is 10.2 Å². The number of carboxylic acids is 1. The predicted molar refractivity (Wildman–Crippen MR) is 110 cm³/mol. The van der Waals surface area contributed by atoms with Gasteiger partial charge in [0.2, 0.25) is 11.8 Å². The standard InChI is InChI=1S/C20H19N5O5/c26-11-10-24(13-14-4-2-1-3-5-14)18-17(25(29)30)12-21-20(23-18)22-16-8-6-15(7-9-16)19(27)28/h1-9,12,26H,10-11,13H2,(H,27,28)(H,21,22,23). The van der Waals surface area contributed by atoms with Crippen molar-refractivity contribution in [2.45, 2.75) is 6.54 Å². The number of carboxylic acid groups (broad SMARTS) is 1. The van der Waals surface area contributed by atoms with Crippen molar-refractivity contribution in [3.05, 3.63) is 82.0 Å². The maximum atomic E-state index is 11.5. The lowest BCUT2D eigenvalue weighted by Gasteiger charge is -2.23. The van der Waals surface area contributed by atoms with Crippen molar-refractivity contribution < 1.29 is 19.9 Å². The molecule has 154 valence electrons. The van der Waals surface area contributed by atoms with Gasteiger partial charge in [0.05, 0.1) is 17.1 Å². The third-order valence-corrected chi connectivity index (χ3v) is 4.22. The summed E-state index contributed by atoms with van der Waals surface area (Å²) in [5.41, 5.74) is 1.27. The smallest absolute Gasteiger partial charge is 0.335 e. The van der Waals surface area contributed by atoms with Crippen LogP contribution in [0.1, 0.15) is 15.9 Å². The number of benzene rings is 2. The molecule has 0 aliphatic rings. The lowest BCUT2D eigenvalue weighted by Crippen LogP contribution is -2.28. The van der Waals surface area contributed by atoms with Crippen LogP contribution in [0, 0.1) is 10.1 Å². The quantitative estimate of drug-likeness (QED) is 0.359. The summed E-state index contributed by atoms with van der Waals surface area (Å²) in [5, 5.41) is 32.9. The fourth-order valence-corrected chi connectivity index (χ4v) is 2.80. The molecule has 0 radical (unpaired) electrons. The number of aromatic nitrogens is 2. The highest BCUT2D eigenvalue weighted by molar-refractivity contribution is 5.88. The maximum Gasteiger partial charge on any atom is 0.335 e. The van der Waals surface area contributed by atoms with Crippen LogP contribution in [0.4, 0.5) is 23.1 Å². The number of nitro groups is 1. The molecular formula is C20H19N5O5. The Morgan fingerprint density at radius 2 is 1.83 bits per heavy atom. The molecular weight excluding hydrogens is 390 g/mol. The monoisotopic (exact) mass is 409 g/mol. The zero-order valence-corrected chi connectivity index (χ0v) is 15.8. The highest BCUT2D eigenvalue weighted by atomic mass is 16.6. The zero-order chi connectivity index (χ0) is 21.5. The Hall–Kier alpha value is -4.05. The number of nitrogens with one attached hydrogen (secondary N) is 1. The van der Waals surface area contributed by atoms with E-state index in [1.54, 1.807) is 17.0 Å². The molecule has 30 heavy (non-hydrogen) atoms. The Morgan fingerprint density at radius 1 is 1.13 bits per heavy atom. The molecule has 10 nitrogen and oxygen atoms in total. The van der Waals surface area contributed by atoms with Crippen molar-refractivity contribution in [2.75, 3.05) is 23.4 Å². The van der Waals surface area contributed by atoms with Crippen molar-refractivity contribution in [3.8, 4) is 0 Å². The number of rotatable bonds is 9. The molecule has 0 bridgehead atoms. The fourth-order valence-electron chi connectivity index (χ4n) is 2.80. The van der Waals surface area contributed by atoms with E-state index in [0.717, 1.165) is 11.8 Å². The molecule has 3 rings (SSSR count). The van der Waals surface area contributed by atoms with Gasteiger partial charge in [-0.15, -0.1) is 0 Å². The second kappa shape index (κ2) is 9.43. The number of aliphatic hydroxyl groups is 1. The largest absolute Gasteiger partial charge is 0.478 e. The van der Waals surface area contributed by atoms with Gasteiger partial charge >= 0.3 is 11.7 Å². The molecule has 1 aromatic heterocycles. The Bertz CT molecular complexity index is 1030. The summed E-state index contributed by atoms with van der Waals surface area (Å²) in [6.45, 7) is 0.235. The van der Waals surface area contributed by atoms with Crippen molar-refractivity contribution in [3.63, 3.8) is 0 Å². The molecule has 2 aromatic carbocycles. The third-order valence-electron chi connectivity index (χ3n) is 4.22. The first-order valence-electron chi connectivity index (χ1n) is 8.99. The van der Waals surface area contributed by atoms with E-state index in [9.17, 15) is 20.0 Å². The molecule has 1 heterocycles. The summed E-state index contributed by atoms with van der Waals surface area (Å²) in [5.74, 6) is -0.872. The van der Waals surface area contributed by atoms with Crippen molar-refractivity contribution >= 4 is 29.1 Å². The second-order valence-electron chi connectivity index (χ2n) is 6.30. The maximum absolute atomic E-state index is 11.5. The molecule has 0 fully saturated rings. The molecule has 0 spiro atoms. The average Bonchev–Trinajstić information content (AvgIpc) is 2.74. The third kappa shape index (κ3) is 5.06. The molecule has 0 atom stereocenters. The van der Waals surface area contributed by atoms with Gasteiger partial charge in [0.1, 0.15) is 6.20 Å². The summed E-state index contributed by atoms with van der Waals surface area (Å²) in [4.78, 5) is 31.8. The minimum atomic E-state index is -1.05. The van der Waals surface area contributed by atoms with Gasteiger partial charge in [0, 0.05) is 18.8 Å². The Balaban J connectivity index is 1.92. The SMILES string of the molecule is O=C(O)c1ccc(Nc2ncc([N+](=O)[O-])c(N(CCO)Cc3ccccc3)n2)cc1. The van der Waals surface area contributed by atoms with Crippen LogP contribution in [-0.4, -0.2) is 44.2 Å². The van der Waals surface area contributed by atoms with Gasteiger partial charge in [0.25, 0.3) is 0 Å². The number of carbonyl (C=O) groups is 1. The van der Waals surface area contributed by atoms with Gasteiger partial charge in [0.15, 0.2) is 0 Å². The number of anilines is 3. The predicted octanol–water partition coefficient (Wildman–Crippen LogP) is 2.83. The van der Waals surface area contributed by atoms with E-state index < -0.39 is 10.9 Å². The zero-order valence-electron chi connectivity index (χ0n) is 15.8. The molecule has 0 aliphatic heterocycles. The first-order chi connectivity index (χ1) is 14.5. The van der Waals surface area contributed by atoms with Gasteiger partial charge in [-0.2, -0.15) is 4.98 Å². The topological polar surface area (TPSA) is 142 Å². The average molecular weight is 409 g/mol.